The lowest BCUT2D eigenvalue weighted by Crippen LogP contribution is -2.57. The first kappa shape index (κ1) is 26.0. The minimum Gasteiger partial charge on any atom is -0.353 e. The Kier molecular flexibility index (Phi) is 7.05. The van der Waals surface area contributed by atoms with Gasteiger partial charge in [-0.25, -0.2) is 14.6 Å². The molecule has 0 bridgehead atoms. The highest BCUT2D eigenvalue weighted by atomic mass is 79.9. The number of hydrogen-bond donors (Lipinski definition) is 1. The second-order valence-electron chi connectivity index (χ2n) is 9.14. The van der Waals surface area contributed by atoms with Gasteiger partial charge in [-0.15, -0.1) is 5.10 Å². The molecule has 198 valence electrons. The maximum absolute atomic E-state index is 13.1. The molecule has 0 saturated carbocycles. The van der Waals surface area contributed by atoms with Crippen molar-refractivity contribution in [3.8, 4) is 5.69 Å². The predicted molar refractivity (Wildman–Crippen MR) is 139 cm³/mol. The van der Waals surface area contributed by atoms with Crippen LogP contribution in [0.5, 0.6) is 0 Å². The summed E-state index contributed by atoms with van der Waals surface area (Å²) in [5.41, 5.74) is 1.95. The molecule has 13 heteroatoms. The van der Waals surface area contributed by atoms with Gasteiger partial charge >= 0.3 is 6.18 Å². The van der Waals surface area contributed by atoms with Crippen LogP contribution in [-0.2, 0) is 17.5 Å². The molecule has 5 rings (SSSR count). The van der Waals surface area contributed by atoms with E-state index in [0.717, 1.165) is 27.9 Å². The number of nitrogens with one attached hydrogen (secondary N) is 1. The number of nitrogens with zero attached hydrogens (tertiary/aromatic N) is 7. The number of piperazine rings is 1. The van der Waals surface area contributed by atoms with Gasteiger partial charge in [0.1, 0.15) is 18.2 Å². The first-order valence-corrected chi connectivity index (χ1v) is 12.6. The van der Waals surface area contributed by atoms with Crippen LogP contribution in [0, 0.1) is 6.92 Å². The Hall–Kier alpha value is -3.58. The second kappa shape index (κ2) is 10.3. The number of alkyl halides is 3. The van der Waals surface area contributed by atoms with Gasteiger partial charge in [0.25, 0.3) is 0 Å². The largest absolute Gasteiger partial charge is 0.416 e. The van der Waals surface area contributed by atoms with Gasteiger partial charge in [0.15, 0.2) is 5.65 Å². The number of anilines is 1. The smallest absolute Gasteiger partial charge is 0.353 e. The fourth-order valence-electron chi connectivity index (χ4n) is 4.35. The van der Waals surface area contributed by atoms with E-state index in [9.17, 15) is 18.0 Å². The summed E-state index contributed by atoms with van der Waals surface area (Å²) < 4.78 is 41.2. The van der Waals surface area contributed by atoms with Gasteiger partial charge in [-0.3, -0.25) is 14.7 Å². The minimum absolute atomic E-state index is 0.120. The van der Waals surface area contributed by atoms with Crippen molar-refractivity contribution in [3.05, 3.63) is 70.3 Å². The van der Waals surface area contributed by atoms with Crippen LogP contribution >= 0.6 is 15.9 Å². The molecule has 4 aromatic rings. The molecular weight excluding hydrogens is 565 g/mol. The summed E-state index contributed by atoms with van der Waals surface area (Å²) in [4.78, 5) is 30.2. The van der Waals surface area contributed by atoms with Crippen molar-refractivity contribution in [2.24, 2.45) is 0 Å². The molecular formula is C25H24BrF3N8O. The predicted octanol–water partition coefficient (Wildman–Crippen LogP) is 3.74. The molecule has 38 heavy (non-hydrogen) atoms. The number of pyridine rings is 1. The molecule has 4 heterocycles. The van der Waals surface area contributed by atoms with Crippen LogP contribution < -0.4 is 10.2 Å². The van der Waals surface area contributed by atoms with Crippen molar-refractivity contribution in [1.29, 1.82) is 0 Å². The fraction of sp³-hybridized carbons (Fsp3) is 0.320. The van der Waals surface area contributed by atoms with E-state index in [0.29, 0.717) is 48.7 Å². The van der Waals surface area contributed by atoms with Gasteiger partial charge in [-0.05, 0) is 65.8 Å². The van der Waals surface area contributed by atoms with Crippen LogP contribution in [0.2, 0.25) is 0 Å². The topological polar surface area (TPSA) is 92.1 Å². The minimum atomic E-state index is -4.41. The van der Waals surface area contributed by atoms with Crippen molar-refractivity contribution in [2.45, 2.75) is 25.7 Å². The summed E-state index contributed by atoms with van der Waals surface area (Å²) in [5, 5.41) is 8.06. The average Bonchev–Trinajstić information content (AvgIpc) is 3.34. The number of likely N-dealkylation sites (N-methyl/N-ethyl adjacent to an activating group) is 1. The molecule has 0 spiro atoms. The van der Waals surface area contributed by atoms with Gasteiger partial charge in [-0.1, -0.05) is 0 Å². The van der Waals surface area contributed by atoms with E-state index in [1.165, 1.54) is 23.1 Å². The van der Waals surface area contributed by atoms with E-state index in [4.69, 9.17) is 0 Å². The summed E-state index contributed by atoms with van der Waals surface area (Å²) in [5.74, 6) is 0.495. The summed E-state index contributed by atoms with van der Waals surface area (Å²) in [6, 6.07) is 6.26. The number of carbonyl (C=O) groups is 1. The molecule has 1 amide bonds. The Morgan fingerprint density at radius 2 is 1.92 bits per heavy atom. The standard InChI is InChI=1S/C25H24BrF3N8O/c1-15-9-17(30-11-20(15)26)10-31-24(38)21-13-36(8-7-35(21)2)23-19-12-37(34-22(19)32-14-33-23)18-5-3-16(4-6-18)25(27,28)29/h3-6,9,11-12,14,21H,7-8,10,13H2,1-2H3,(H,31,38)/t21-/m1/s1. The number of halogens is 4. The first-order chi connectivity index (χ1) is 18.1. The Balaban J connectivity index is 1.34. The van der Waals surface area contributed by atoms with Crippen LogP contribution in [0.1, 0.15) is 16.8 Å². The van der Waals surface area contributed by atoms with Gasteiger partial charge in [0.2, 0.25) is 5.91 Å². The summed E-state index contributed by atoms with van der Waals surface area (Å²) in [7, 11) is 1.90. The lowest BCUT2D eigenvalue weighted by Gasteiger charge is -2.39. The Morgan fingerprint density at radius 3 is 2.63 bits per heavy atom. The fourth-order valence-corrected chi connectivity index (χ4v) is 4.57. The van der Waals surface area contributed by atoms with E-state index in [-0.39, 0.29) is 5.91 Å². The van der Waals surface area contributed by atoms with E-state index in [1.54, 1.807) is 12.4 Å². The van der Waals surface area contributed by atoms with E-state index in [2.05, 4.69) is 41.3 Å². The third-order valence-electron chi connectivity index (χ3n) is 6.55. The number of rotatable bonds is 5. The Labute approximate surface area is 224 Å². The number of carbonyl (C=O) groups excluding carboxylic acids is 1. The van der Waals surface area contributed by atoms with Crippen LogP contribution in [0.4, 0.5) is 19.0 Å². The van der Waals surface area contributed by atoms with Gasteiger partial charge in [0.05, 0.1) is 28.9 Å². The highest BCUT2D eigenvalue weighted by molar-refractivity contribution is 9.10. The molecule has 0 aliphatic carbocycles. The van der Waals surface area contributed by atoms with Crippen molar-refractivity contribution >= 4 is 38.7 Å². The highest BCUT2D eigenvalue weighted by Crippen LogP contribution is 2.30. The quantitative estimate of drug-likeness (QED) is 0.380. The van der Waals surface area contributed by atoms with Crippen molar-refractivity contribution in [1.82, 2.24) is 34.9 Å². The maximum Gasteiger partial charge on any atom is 0.416 e. The lowest BCUT2D eigenvalue weighted by atomic mass is 10.1. The van der Waals surface area contributed by atoms with Crippen molar-refractivity contribution < 1.29 is 18.0 Å². The zero-order valence-corrected chi connectivity index (χ0v) is 22.2. The molecule has 1 N–H and O–H groups in total. The normalized spacial score (nSPS) is 16.7. The molecule has 0 unspecified atom stereocenters. The maximum atomic E-state index is 13.1. The molecule has 9 nitrogen and oxygen atoms in total. The van der Waals surface area contributed by atoms with E-state index >= 15 is 0 Å². The van der Waals surface area contributed by atoms with Crippen LogP contribution in [0.3, 0.4) is 0 Å². The summed E-state index contributed by atoms with van der Waals surface area (Å²) in [6.07, 6.45) is 0.402. The number of hydrogen-bond acceptors (Lipinski definition) is 7. The monoisotopic (exact) mass is 588 g/mol. The third kappa shape index (κ3) is 5.34. The van der Waals surface area contributed by atoms with Crippen LogP contribution in [0.15, 0.2) is 53.5 Å². The van der Waals surface area contributed by atoms with Crippen molar-refractivity contribution in [2.75, 3.05) is 31.6 Å². The van der Waals surface area contributed by atoms with E-state index < -0.39 is 17.8 Å². The molecule has 1 aromatic carbocycles. The summed E-state index contributed by atoms with van der Waals surface area (Å²) in [6.45, 7) is 3.94. The SMILES string of the molecule is Cc1cc(CNC(=O)[C@H]2CN(c3ncnc4nn(-c5ccc(C(F)(F)F)cc5)cc34)CCN2C)ncc1Br. The molecule has 1 saturated heterocycles. The lowest BCUT2D eigenvalue weighted by molar-refractivity contribution is -0.137. The third-order valence-corrected chi connectivity index (χ3v) is 7.38. The van der Waals surface area contributed by atoms with Crippen LogP contribution in [-0.4, -0.2) is 68.3 Å². The molecule has 1 atom stereocenters. The summed E-state index contributed by atoms with van der Waals surface area (Å²) >= 11 is 3.43. The number of aromatic nitrogens is 5. The van der Waals surface area contributed by atoms with Crippen molar-refractivity contribution in [3.63, 3.8) is 0 Å². The molecule has 1 aliphatic rings. The zero-order chi connectivity index (χ0) is 27.0. The highest BCUT2D eigenvalue weighted by Gasteiger charge is 2.32. The number of benzene rings is 1. The Bertz CT molecular complexity index is 1470. The first-order valence-electron chi connectivity index (χ1n) is 11.8. The Morgan fingerprint density at radius 1 is 1.16 bits per heavy atom. The van der Waals surface area contributed by atoms with E-state index in [1.807, 2.05) is 29.8 Å². The van der Waals surface area contributed by atoms with Gasteiger partial charge < -0.3 is 10.2 Å². The number of fused-ring (bicyclic) bond motifs is 1. The molecule has 3 aromatic heterocycles. The molecule has 0 radical (unpaired) electrons. The number of aryl methyl sites for hydroxylation is 1. The van der Waals surface area contributed by atoms with Gasteiger partial charge in [-0.2, -0.15) is 13.2 Å². The molecule has 1 aliphatic heterocycles. The number of amides is 1. The van der Waals surface area contributed by atoms with Crippen LogP contribution in [0.25, 0.3) is 16.7 Å². The molecule has 1 fully saturated rings. The zero-order valence-electron chi connectivity index (χ0n) is 20.6. The average molecular weight is 589 g/mol. The second-order valence-corrected chi connectivity index (χ2v) is 9.99. The van der Waals surface area contributed by atoms with Gasteiger partial charge in [0, 0.05) is 36.5 Å².